The lowest BCUT2D eigenvalue weighted by Gasteiger charge is -2.24. The van der Waals surface area contributed by atoms with E-state index in [0.29, 0.717) is 19.6 Å². The molecule has 0 saturated carbocycles. The van der Waals surface area contributed by atoms with Crippen molar-refractivity contribution in [2.24, 2.45) is 15.0 Å². The van der Waals surface area contributed by atoms with Gasteiger partial charge in [0.1, 0.15) is 0 Å². The van der Waals surface area contributed by atoms with Gasteiger partial charge in [0.25, 0.3) is 0 Å². The van der Waals surface area contributed by atoms with Crippen LogP contribution >= 0.6 is 0 Å². The fourth-order valence-corrected chi connectivity index (χ4v) is 8.80. The number of aliphatic imine (C=N–C) groups is 3. The maximum Gasteiger partial charge on any atom is 0.0646 e. The first-order valence-electron chi connectivity index (χ1n) is 21.5. The van der Waals surface area contributed by atoms with Crippen molar-refractivity contribution in [1.82, 2.24) is 29.9 Å². The molecule has 6 N–H and O–H groups in total. The van der Waals surface area contributed by atoms with Crippen molar-refractivity contribution in [3.63, 3.8) is 0 Å². The first kappa shape index (κ1) is 42.0. The first-order chi connectivity index (χ1) is 28.9. The van der Waals surface area contributed by atoms with E-state index in [2.05, 4.69) is 147 Å². The molecule has 312 valence electrons. The number of H-pyrrole nitrogens is 6. The second-order valence-corrected chi connectivity index (χ2v) is 17.4. The fraction of sp³-hybridized carbons (Fsp3) is 0.353. The highest BCUT2D eigenvalue weighted by atomic mass is 14.8. The van der Waals surface area contributed by atoms with Gasteiger partial charge in [-0.2, -0.15) is 0 Å². The van der Waals surface area contributed by atoms with Crippen molar-refractivity contribution >= 4 is 18.6 Å². The van der Waals surface area contributed by atoms with E-state index in [0.717, 1.165) is 53.4 Å². The van der Waals surface area contributed by atoms with Crippen molar-refractivity contribution in [3.05, 3.63) is 176 Å². The summed E-state index contributed by atoms with van der Waals surface area (Å²) < 4.78 is 0. The smallest absolute Gasteiger partial charge is 0.0646 e. The van der Waals surface area contributed by atoms with Crippen LogP contribution in [0.2, 0.25) is 0 Å². The fourth-order valence-electron chi connectivity index (χ4n) is 8.80. The average molecular weight is 802 g/mol. The summed E-state index contributed by atoms with van der Waals surface area (Å²) in [5.74, 6) is 0. The Morgan fingerprint density at radius 3 is 0.900 bits per heavy atom. The molecular formula is C51H63N9. The van der Waals surface area contributed by atoms with Crippen LogP contribution in [0.1, 0.15) is 147 Å². The Morgan fingerprint density at radius 2 is 0.667 bits per heavy atom. The van der Waals surface area contributed by atoms with Gasteiger partial charge in [0.05, 0.1) is 36.7 Å². The zero-order chi connectivity index (χ0) is 42.5. The molecule has 0 bridgehead atoms. The second kappa shape index (κ2) is 17.6. The second-order valence-electron chi connectivity index (χ2n) is 17.4. The summed E-state index contributed by atoms with van der Waals surface area (Å²) in [6, 6.07) is 25.4. The highest BCUT2D eigenvalue weighted by Gasteiger charge is 2.28. The minimum atomic E-state index is -0.179. The molecule has 6 heterocycles. The summed E-state index contributed by atoms with van der Waals surface area (Å²) in [6.07, 6.45) is 14.6. The van der Waals surface area contributed by atoms with Crippen LogP contribution in [0.5, 0.6) is 0 Å². The number of aromatic amines is 6. The van der Waals surface area contributed by atoms with Crippen LogP contribution in [-0.2, 0) is 55.1 Å². The lowest BCUT2D eigenvalue weighted by Crippen LogP contribution is -2.19. The van der Waals surface area contributed by atoms with Crippen LogP contribution in [0.25, 0.3) is 0 Å². The van der Waals surface area contributed by atoms with Crippen LogP contribution in [0.15, 0.2) is 106 Å². The molecule has 60 heavy (non-hydrogen) atoms. The van der Waals surface area contributed by atoms with E-state index in [-0.39, 0.29) is 16.2 Å². The molecule has 0 atom stereocenters. The standard InChI is InChI=1S/C51H63N9/c1-10-37-40(31-52-28-34-19-22-46(58-34)49(4,5)43-16-13-25-55-43)38(11-2)42(33-54-30-36-21-24-48(60-36)51(8,9)45-18-15-27-57-45)39(12-3)41(37)32-53-29-35-20-23-47(59-35)50(6,7)44-17-14-26-56-44/h13-30,55-60H,10-12,31-33H2,1-9H3. The highest BCUT2D eigenvalue weighted by molar-refractivity contribution is 5.79. The molecule has 9 heteroatoms. The number of nitrogens with one attached hydrogen (secondary N) is 6. The summed E-state index contributed by atoms with van der Waals surface area (Å²) in [4.78, 5) is 36.4. The van der Waals surface area contributed by atoms with Gasteiger partial charge in [-0.05, 0) is 167 Å². The first-order valence-corrected chi connectivity index (χ1v) is 21.5. The maximum absolute atomic E-state index is 5.12. The van der Waals surface area contributed by atoms with Crippen molar-refractivity contribution in [3.8, 4) is 0 Å². The molecule has 0 unspecified atom stereocenters. The molecular weight excluding hydrogens is 739 g/mol. The van der Waals surface area contributed by atoms with Crippen molar-refractivity contribution in [2.75, 3.05) is 0 Å². The predicted molar refractivity (Wildman–Crippen MR) is 250 cm³/mol. The summed E-state index contributed by atoms with van der Waals surface area (Å²) in [5, 5.41) is 0. The summed E-state index contributed by atoms with van der Waals surface area (Å²) in [5.41, 5.74) is 17.3. The van der Waals surface area contributed by atoms with Crippen molar-refractivity contribution in [2.45, 2.75) is 117 Å². The van der Waals surface area contributed by atoms with Gasteiger partial charge in [-0.25, -0.2) is 0 Å². The third-order valence-electron chi connectivity index (χ3n) is 12.6. The molecule has 0 amide bonds. The quantitative estimate of drug-likeness (QED) is 0.0462. The molecule has 0 aliphatic rings. The Bertz CT molecular complexity index is 2240. The van der Waals surface area contributed by atoms with Gasteiger partial charge in [-0.1, -0.05) is 20.8 Å². The average Bonchev–Trinajstić information content (AvgIpc) is 4.09. The molecule has 0 saturated heterocycles. The Labute approximate surface area is 355 Å². The summed E-state index contributed by atoms with van der Waals surface area (Å²) in [6.45, 7) is 21.9. The van der Waals surface area contributed by atoms with Crippen LogP contribution < -0.4 is 0 Å². The van der Waals surface area contributed by atoms with Gasteiger partial charge in [0.15, 0.2) is 0 Å². The Balaban J connectivity index is 1.21. The number of nitrogens with zero attached hydrogens (tertiary/aromatic N) is 3. The van der Waals surface area contributed by atoms with E-state index in [1.807, 2.05) is 55.4 Å². The van der Waals surface area contributed by atoms with Crippen LogP contribution in [0.4, 0.5) is 0 Å². The van der Waals surface area contributed by atoms with Crippen molar-refractivity contribution in [1.29, 1.82) is 0 Å². The number of hydrogen-bond donors (Lipinski definition) is 6. The Hall–Kier alpha value is -6.09. The molecule has 0 aliphatic heterocycles. The molecule has 0 radical (unpaired) electrons. The van der Waals surface area contributed by atoms with Gasteiger partial charge >= 0.3 is 0 Å². The highest BCUT2D eigenvalue weighted by Crippen LogP contribution is 2.34. The molecule has 6 aromatic heterocycles. The minimum Gasteiger partial charge on any atom is -0.364 e. The van der Waals surface area contributed by atoms with E-state index in [4.69, 9.17) is 15.0 Å². The van der Waals surface area contributed by atoms with E-state index in [9.17, 15) is 0 Å². The zero-order valence-electron chi connectivity index (χ0n) is 37.0. The van der Waals surface area contributed by atoms with Gasteiger partial charge in [0.2, 0.25) is 0 Å². The largest absolute Gasteiger partial charge is 0.364 e. The van der Waals surface area contributed by atoms with Gasteiger partial charge < -0.3 is 29.9 Å². The molecule has 0 spiro atoms. The molecule has 0 aliphatic carbocycles. The summed E-state index contributed by atoms with van der Waals surface area (Å²) >= 11 is 0. The van der Waals surface area contributed by atoms with Crippen molar-refractivity contribution < 1.29 is 0 Å². The monoisotopic (exact) mass is 802 g/mol. The van der Waals surface area contributed by atoms with E-state index < -0.39 is 0 Å². The van der Waals surface area contributed by atoms with E-state index in [1.165, 1.54) is 50.5 Å². The molecule has 1 aromatic carbocycles. The van der Waals surface area contributed by atoms with Gasteiger partial charge in [-0.3, -0.25) is 15.0 Å². The van der Waals surface area contributed by atoms with E-state index in [1.54, 1.807) is 0 Å². The maximum atomic E-state index is 5.12. The Morgan fingerprint density at radius 1 is 0.383 bits per heavy atom. The normalized spacial score (nSPS) is 12.9. The third-order valence-corrected chi connectivity index (χ3v) is 12.6. The SMILES string of the molecule is CCc1c(CN=Cc2ccc(C(C)(C)c3ccc[nH]3)[nH]2)c(CC)c(CN=Cc2ccc(C(C)(C)c3ccc[nH]3)[nH]2)c(CC)c1CN=Cc1ccc(C(C)(C)c2ccc[nH]2)[nH]1. The number of rotatable bonds is 18. The van der Waals surface area contributed by atoms with E-state index >= 15 is 0 Å². The van der Waals surface area contributed by atoms with Gasteiger partial charge in [-0.15, -0.1) is 0 Å². The molecule has 9 nitrogen and oxygen atoms in total. The lowest BCUT2D eigenvalue weighted by molar-refractivity contribution is 0.603. The van der Waals surface area contributed by atoms with Crippen LogP contribution in [0.3, 0.4) is 0 Å². The molecule has 0 fully saturated rings. The predicted octanol–water partition coefficient (Wildman–Crippen LogP) is 11.2. The van der Waals surface area contributed by atoms with Gasteiger partial charge in [0, 0.05) is 87.6 Å². The number of aromatic nitrogens is 6. The number of hydrogen-bond acceptors (Lipinski definition) is 3. The Kier molecular flexibility index (Phi) is 12.4. The zero-order valence-corrected chi connectivity index (χ0v) is 37.0. The lowest BCUT2D eigenvalue weighted by atomic mass is 9.83. The molecule has 7 rings (SSSR count). The van der Waals surface area contributed by atoms with Crippen LogP contribution in [-0.4, -0.2) is 48.5 Å². The molecule has 7 aromatic rings. The van der Waals surface area contributed by atoms with Crippen LogP contribution in [0, 0.1) is 0 Å². The third kappa shape index (κ3) is 8.49. The topological polar surface area (TPSA) is 132 Å². The number of benzene rings is 1. The minimum absolute atomic E-state index is 0.179. The summed E-state index contributed by atoms with van der Waals surface area (Å²) in [7, 11) is 0.